The van der Waals surface area contributed by atoms with Gasteiger partial charge in [0.2, 0.25) is 0 Å². The van der Waals surface area contributed by atoms with Crippen LogP contribution in [0.2, 0.25) is 0 Å². The van der Waals surface area contributed by atoms with Crippen molar-refractivity contribution in [3.8, 4) is 22.8 Å². The number of nitrogens with one attached hydrogen (secondary N) is 1. The monoisotopic (exact) mass is 636 g/mol. The van der Waals surface area contributed by atoms with E-state index in [-0.39, 0.29) is 19.1 Å². The maximum Gasteiger partial charge on any atom is 0.251 e. The molecule has 0 unspecified atom stereocenters. The number of aromatic nitrogens is 7. The van der Waals surface area contributed by atoms with Gasteiger partial charge in [0.1, 0.15) is 11.4 Å². The van der Waals surface area contributed by atoms with Crippen molar-refractivity contribution in [2.45, 2.75) is 20.0 Å². The Bertz CT molecular complexity index is 1150. The summed E-state index contributed by atoms with van der Waals surface area (Å²) in [5.41, 5.74) is 2.35. The second kappa shape index (κ2) is 22.1. The minimum atomic E-state index is -0.242. The van der Waals surface area contributed by atoms with Gasteiger partial charge in [-0.05, 0) is 19.1 Å². The summed E-state index contributed by atoms with van der Waals surface area (Å²) in [4.78, 5) is 17.4. The van der Waals surface area contributed by atoms with Crippen LogP contribution in [0.1, 0.15) is 17.3 Å². The van der Waals surface area contributed by atoms with Gasteiger partial charge in [-0.25, -0.2) is 14.3 Å². The zero-order chi connectivity index (χ0) is 32.0. The summed E-state index contributed by atoms with van der Waals surface area (Å²) >= 11 is 0. The Labute approximate surface area is 261 Å². The first-order valence-corrected chi connectivity index (χ1v) is 14.9. The van der Waals surface area contributed by atoms with E-state index in [1.807, 2.05) is 6.92 Å². The number of nitrogens with zero attached hydrogens (tertiary/aromatic N) is 7. The molecule has 0 saturated heterocycles. The average Bonchev–Trinajstić information content (AvgIpc) is 3.73. The zero-order valence-corrected chi connectivity index (χ0v) is 25.7. The van der Waals surface area contributed by atoms with Gasteiger partial charge in [-0.2, -0.15) is 0 Å². The molecular formula is C28H44N8O9. The van der Waals surface area contributed by atoms with Crippen LogP contribution in [0.15, 0.2) is 24.5 Å². The number of rotatable bonds is 26. The van der Waals surface area contributed by atoms with E-state index in [0.29, 0.717) is 127 Å². The van der Waals surface area contributed by atoms with Crippen molar-refractivity contribution in [3.05, 3.63) is 30.1 Å². The Morgan fingerprint density at radius 2 is 1.04 bits per heavy atom. The van der Waals surface area contributed by atoms with Gasteiger partial charge in [0.05, 0.1) is 129 Å². The van der Waals surface area contributed by atoms with Gasteiger partial charge in [0, 0.05) is 12.1 Å². The zero-order valence-electron chi connectivity index (χ0n) is 25.7. The summed E-state index contributed by atoms with van der Waals surface area (Å²) in [6, 6.07) is 3.33. The van der Waals surface area contributed by atoms with Crippen molar-refractivity contribution < 1.29 is 43.4 Å². The Kier molecular flexibility index (Phi) is 17.7. The Hall–Kier alpha value is -3.42. The topological polar surface area (TPSA) is 199 Å². The lowest BCUT2D eigenvalue weighted by molar-refractivity contribution is 0.00628. The van der Waals surface area contributed by atoms with Crippen LogP contribution in [0.5, 0.6) is 0 Å². The third-order valence-electron chi connectivity index (χ3n) is 5.92. The molecule has 0 spiro atoms. The Balaban J connectivity index is 1.51. The highest BCUT2D eigenvalue weighted by Gasteiger charge is 2.16. The number of hydrogen-bond acceptors (Lipinski definition) is 14. The second-order valence-electron chi connectivity index (χ2n) is 9.34. The molecule has 0 aliphatic carbocycles. The minimum Gasteiger partial charge on any atom is -0.394 e. The van der Waals surface area contributed by atoms with Gasteiger partial charge in [-0.15, -0.1) is 10.2 Å². The van der Waals surface area contributed by atoms with Gasteiger partial charge < -0.3 is 44.0 Å². The van der Waals surface area contributed by atoms with E-state index >= 15 is 0 Å². The van der Waals surface area contributed by atoms with Crippen molar-refractivity contribution in [1.29, 1.82) is 0 Å². The van der Waals surface area contributed by atoms with E-state index in [0.717, 1.165) is 0 Å². The third kappa shape index (κ3) is 14.0. The molecule has 0 bridgehead atoms. The molecule has 3 heterocycles. The number of amides is 1. The fourth-order valence-corrected chi connectivity index (χ4v) is 3.77. The quantitative estimate of drug-likeness (QED) is 0.0947. The van der Waals surface area contributed by atoms with Crippen LogP contribution >= 0.6 is 0 Å². The van der Waals surface area contributed by atoms with Gasteiger partial charge >= 0.3 is 0 Å². The molecule has 0 saturated carbocycles. The van der Waals surface area contributed by atoms with Crippen molar-refractivity contribution in [2.24, 2.45) is 0 Å². The molecule has 0 aromatic carbocycles. The van der Waals surface area contributed by atoms with Crippen molar-refractivity contribution >= 4 is 5.91 Å². The lowest BCUT2D eigenvalue weighted by atomic mass is 10.1. The number of ether oxygens (including phenoxy) is 6. The van der Waals surface area contributed by atoms with E-state index in [1.54, 1.807) is 33.9 Å². The van der Waals surface area contributed by atoms with Crippen LogP contribution in [-0.4, -0.2) is 150 Å². The molecule has 17 heteroatoms. The van der Waals surface area contributed by atoms with Crippen LogP contribution in [0.3, 0.4) is 0 Å². The molecule has 3 aromatic rings. The maximum atomic E-state index is 12.7. The molecule has 0 aliphatic rings. The van der Waals surface area contributed by atoms with Crippen LogP contribution in [0.25, 0.3) is 22.8 Å². The molecule has 1 amide bonds. The van der Waals surface area contributed by atoms with E-state index < -0.39 is 0 Å². The summed E-state index contributed by atoms with van der Waals surface area (Å²) in [6.07, 6.45) is 3.48. The van der Waals surface area contributed by atoms with Gasteiger partial charge in [-0.3, -0.25) is 4.79 Å². The van der Waals surface area contributed by atoms with Crippen LogP contribution in [-0.2, 0) is 41.5 Å². The first-order valence-electron chi connectivity index (χ1n) is 14.9. The number of aliphatic hydroxyl groups excluding tert-OH is 2. The summed E-state index contributed by atoms with van der Waals surface area (Å²) in [7, 11) is 0. The van der Waals surface area contributed by atoms with Gasteiger partial charge in [0.15, 0.2) is 0 Å². The van der Waals surface area contributed by atoms with Gasteiger partial charge in [0.25, 0.3) is 5.91 Å². The molecule has 45 heavy (non-hydrogen) atoms. The number of aliphatic hydroxyl groups is 2. The minimum absolute atomic E-state index is 0.00675. The lowest BCUT2D eigenvalue weighted by Gasteiger charge is -2.07. The summed E-state index contributed by atoms with van der Waals surface area (Å²) < 4.78 is 35.5. The third-order valence-corrected chi connectivity index (χ3v) is 5.92. The standard InChI is InChI=1S/C28H44N8O9/c1-2-29-28(39)23-19-24(26-21-35(33-31-26)3-7-40-11-15-44-17-13-42-9-5-37)30-25(20-23)27-22-36(34-32-27)4-8-41-12-16-45-18-14-43-10-6-38/h19-22,37-38H,2-18H2,1H3,(H,29,39). The highest BCUT2D eigenvalue weighted by Crippen LogP contribution is 2.22. The number of pyridine rings is 1. The number of carbonyl (C=O) groups excluding carboxylic acids is 1. The van der Waals surface area contributed by atoms with E-state index in [9.17, 15) is 4.79 Å². The molecule has 17 nitrogen and oxygen atoms in total. The largest absolute Gasteiger partial charge is 0.394 e. The summed E-state index contributed by atoms with van der Waals surface area (Å²) in [5.74, 6) is -0.242. The van der Waals surface area contributed by atoms with Crippen LogP contribution in [0, 0.1) is 0 Å². The summed E-state index contributed by atoms with van der Waals surface area (Å²) in [5, 5.41) is 37.0. The van der Waals surface area contributed by atoms with E-state index in [2.05, 4.69) is 25.9 Å². The number of hydrogen-bond donors (Lipinski definition) is 3. The summed E-state index contributed by atoms with van der Waals surface area (Å²) in [6.45, 7) is 8.09. The molecule has 250 valence electrons. The lowest BCUT2D eigenvalue weighted by Crippen LogP contribution is -2.22. The van der Waals surface area contributed by atoms with Crippen molar-refractivity contribution in [3.63, 3.8) is 0 Å². The molecule has 0 aliphatic heterocycles. The second-order valence-corrected chi connectivity index (χ2v) is 9.34. The van der Waals surface area contributed by atoms with E-state index in [4.69, 9.17) is 43.6 Å². The molecular weight excluding hydrogens is 592 g/mol. The fourth-order valence-electron chi connectivity index (χ4n) is 3.77. The molecule has 0 radical (unpaired) electrons. The highest BCUT2D eigenvalue weighted by atomic mass is 16.6. The first kappa shape index (κ1) is 36.1. The smallest absolute Gasteiger partial charge is 0.251 e. The normalized spacial score (nSPS) is 11.4. The predicted octanol–water partition coefficient (Wildman–Crippen LogP) is -0.567. The maximum absolute atomic E-state index is 12.7. The highest BCUT2D eigenvalue weighted by molar-refractivity contribution is 5.96. The molecule has 3 rings (SSSR count). The Morgan fingerprint density at radius 1 is 0.644 bits per heavy atom. The average molecular weight is 637 g/mol. The SMILES string of the molecule is CCNC(=O)c1cc(-c2cn(CCOCCOCCOCCO)nn2)nc(-c2cn(CCOCCOCCOCCO)nn2)c1. The Morgan fingerprint density at radius 3 is 1.44 bits per heavy atom. The molecule has 3 N–H and O–H groups in total. The predicted molar refractivity (Wildman–Crippen MR) is 159 cm³/mol. The van der Waals surface area contributed by atoms with Gasteiger partial charge in [-0.1, -0.05) is 10.4 Å². The fraction of sp³-hybridized carbons (Fsp3) is 0.643. The first-order chi connectivity index (χ1) is 22.1. The molecule has 0 fully saturated rings. The van der Waals surface area contributed by atoms with Crippen molar-refractivity contribution in [2.75, 3.05) is 99.0 Å². The van der Waals surface area contributed by atoms with Crippen molar-refractivity contribution in [1.82, 2.24) is 40.3 Å². The number of carbonyl (C=O) groups is 1. The molecule has 0 atom stereocenters. The van der Waals surface area contributed by atoms with Crippen LogP contribution in [0.4, 0.5) is 0 Å². The van der Waals surface area contributed by atoms with E-state index in [1.165, 1.54) is 0 Å². The molecule has 3 aromatic heterocycles. The van der Waals surface area contributed by atoms with Crippen LogP contribution < -0.4 is 5.32 Å².